The Hall–Kier alpha value is -1.06. The first-order chi connectivity index (χ1) is 8.95. The van der Waals surface area contributed by atoms with Gasteiger partial charge in [-0.15, -0.1) is 0 Å². The molecule has 0 N–H and O–H groups in total. The Morgan fingerprint density at radius 1 is 1.11 bits per heavy atom. The van der Waals surface area contributed by atoms with E-state index in [-0.39, 0.29) is 0 Å². The van der Waals surface area contributed by atoms with Crippen LogP contribution in [0.3, 0.4) is 0 Å². The third kappa shape index (κ3) is 2.63. The van der Waals surface area contributed by atoms with E-state index in [1.54, 1.807) is 7.11 Å². The van der Waals surface area contributed by atoms with E-state index in [4.69, 9.17) is 4.74 Å². The van der Waals surface area contributed by atoms with Gasteiger partial charge >= 0.3 is 0 Å². The van der Waals surface area contributed by atoms with Crippen LogP contribution in [0.1, 0.15) is 28.3 Å². The Balaban J connectivity index is 2.47. The molecule has 1 aromatic rings. The molecule has 0 saturated carbocycles. The molecule has 1 heterocycles. The minimum Gasteiger partial charge on any atom is -0.496 e. The molecule has 0 aromatic heterocycles. The third-order valence-electron chi connectivity index (χ3n) is 4.51. The van der Waals surface area contributed by atoms with Crippen molar-refractivity contribution in [3.05, 3.63) is 28.3 Å². The Bertz CT molecular complexity index is 470. The molecule has 1 saturated heterocycles. The fourth-order valence-corrected chi connectivity index (χ4v) is 3.11. The van der Waals surface area contributed by atoms with Crippen LogP contribution in [0.25, 0.3) is 0 Å². The number of ether oxygens (including phenoxy) is 1. The molecule has 1 fully saturated rings. The van der Waals surface area contributed by atoms with E-state index < -0.39 is 0 Å². The average molecular weight is 262 g/mol. The first-order valence-electron chi connectivity index (χ1n) is 6.99. The Morgan fingerprint density at radius 3 is 2.42 bits per heavy atom. The summed E-state index contributed by atoms with van der Waals surface area (Å²) in [5.74, 6) is 1.01. The molecule has 2 rings (SSSR count). The molecule has 0 radical (unpaired) electrons. The molecule has 106 valence electrons. The van der Waals surface area contributed by atoms with Crippen molar-refractivity contribution in [2.45, 2.75) is 26.8 Å². The van der Waals surface area contributed by atoms with Gasteiger partial charge in [0.2, 0.25) is 0 Å². The van der Waals surface area contributed by atoms with Gasteiger partial charge in [-0.1, -0.05) is 0 Å². The van der Waals surface area contributed by atoms with Gasteiger partial charge in [0.15, 0.2) is 0 Å². The van der Waals surface area contributed by atoms with E-state index in [1.807, 2.05) is 0 Å². The fourth-order valence-electron chi connectivity index (χ4n) is 3.11. The van der Waals surface area contributed by atoms with Gasteiger partial charge < -0.3 is 9.64 Å². The summed E-state index contributed by atoms with van der Waals surface area (Å²) < 4.78 is 5.47. The van der Waals surface area contributed by atoms with Gasteiger partial charge in [0, 0.05) is 25.7 Å². The number of rotatable bonds is 2. The van der Waals surface area contributed by atoms with Gasteiger partial charge in [-0.05, 0) is 63.2 Å². The zero-order valence-corrected chi connectivity index (χ0v) is 13.1. The van der Waals surface area contributed by atoms with Crippen molar-refractivity contribution in [3.63, 3.8) is 0 Å². The lowest BCUT2D eigenvalue weighted by atomic mass is 9.90. The summed E-state index contributed by atoms with van der Waals surface area (Å²) >= 11 is 0. The molecule has 1 aromatic carbocycles. The third-order valence-corrected chi connectivity index (χ3v) is 4.51. The van der Waals surface area contributed by atoms with Crippen LogP contribution in [0, 0.1) is 20.8 Å². The summed E-state index contributed by atoms with van der Waals surface area (Å²) in [5, 5.41) is 0. The van der Waals surface area contributed by atoms with Crippen molar-refractivity contribution in [1.82, 2.24) is 9.80 Å². The monoisotopic (exact) mass is 262 g/mol. The summed E-state index contributed by atoms with van der Waals surface area (Å²) in [4.78, 5) is 4.89. The van der Waals surface area contributed by atoms with Crippen LogP contribution < -0.4 is 4.74 Å². The van der Waals surface area contributed by atoms with Gasteiger partial charge in [-0.2, -0.15) is 0 Å². The molecule has 0 amide bonds. The fraction of sp³-hybridized carbons (Fsp3) is 0.625. The van der Waals surface area contributed by atoms with Crippen LogP contribution in [-0.4, -0.2) is 50.6 Å². The summed E-state index contributed by atoms with van der Waals surface area (Å²) in [7, 11) is 6.19. The van der Waals surface area contributed by atoms with E-state index in [2.05, 4.69) is 50.7 Å². The highest BCUT2D eigenvalue weighted by atomic mass is 16.5. The molecule has 1 aliphatic heterocycles. The Morgan fingerprint density at radius 2 is 1.79 bits per heavy atom. The summed E-state index contributed by atoms with van der Waals surface area (Å²) in [6.07, 6.45) is 0. The predicted molar refractivity (Wildman–Crippen MR) is 80.1 cm³/mol. The van der Waals surface area contributed by atoms with Gasteiger partial charge in [0.1, 0.15) is 5.75 Å². The van der Waals surface area contributed by atoms with Crippen LogP contribution in [0.4, 0.5) is 0 Å². The number of piperazine rings is 1. The second-order valence-corrected chi connectivity index (χ2v) is 5.82. The molecule has 0 bridgehead atoms. The van der Waals surface area contributed by atoms with Gasteiger partial charge in [-0.3, -0.25) is 4.90 Å². The first-order valence-corrected chi connectivity index (χ1v) is 6.99. The molecule has 0 spiro atoms. The van der Waals surface area contributed by atoms with E-state index >= 15 is 0 Å². The van der Waals surface area contributed by atoms with Crippen molar-refractivity contribution < 1.29 is 4.74 Å². The van der Waals surface area contributed by atoms with E-state index in [1.165, 1.54) is 22.3 Å². The van der Waals surface area contributed by atoms with Crippen LogP contribution in [0.2, 0.25) is 0 Å². The number of aryl methyl sites for hydroxylation is 1. The standard InChI is InChI=1S/C16H26N2O/c1-11-9-15(19-6)12(2)13(3)16(11)14-10-17(4)7-8-18(14)5/h9,14H,7-8,10H2,1-6H3. The lowest BCUT2D eigenvalue weighted by Crippen LogP contribution is -2.45. The molecular formula is C16H26N2O. The molecule has 19 heavy (non-hydrogen) atoms. The van der Waals surface area contributed by atoms with Gasteiger partial charge in [-0.25, -0.2) is 0 Å². The Labute approximate surface area is 117 Å². The zero-order valence-electron chi connectivity index (χ0n) is 13.1. The topological polar surface area (TPSA) is 15.7 Å². The maximum atomic E-state index is 5.47. The second-order valence-electron chi connectivity index (χ2n) is 5.82. The highest BCUT2D eigenvalue weighted by molar-refractivity contribution is 5.49. The van der Waals surface area contributed by atoms with E-state index in [0.29, 0.717) is 6.04 Å². The normalized spacial score (nSPS) is 21.7. The lowest BCUT2D eigenvalue weighted by molar-refractivity contribution is 0.114. The van der Waals surface area contributed by atoms with Crippen molar-refractivity contribution in [1.29, 1.82) is 0 Å². The van der Waals surface area contributed by atoms with Crippen LogP contribution >= 0.6 is 0 Å². The number of benzene rings is 1. The molecule has 0 aliphatic carbocycles. The number of hydrogen-bond acceptors (Lipinski definition) is 3. The molecule has 1 aliphatic rings. The molecule has 3 nitrogen and oxygen atoms in total. The molecule has 1 atom stereocenters. The smallest absolute Gasteiger partial charge is 0.122 e. The van der Waals surface area contributed by atoms with Crippen molar-refractivity contribution >= 4 is 0 Å². The summed E-state index contributed by atoms with van der Waals surface area (Å²) in [6, 6.07) is 2.67. The van der Waals surface area contributed by atoms with Crippen LogP contribution in [0.15, 0.2) is 6.07 Å². The number of nitrogens with zero attached hydrogens (tertiary/aromatic N) is 2. The second kappa shape index (κ2) is 5.51. The minimum absolute atomic E-state index is 0.489. The highest BCUT2D eigenvalue weighted by Gasteiger charge is 2.27. The van der Waals surface area contributed by atoms with Crippen molar-refractivity contribution in [2.24, 2.45) is 0 Å². The van der Waals surface area contributed by atoms with Gasteiger partial charge in [0.25, 0.3) is 0 Å². The van der Waals surface area contributed by atoms with Crippen LogP contribution in [-0.2, 0) is 0 Å². The lowest BCUT2D eigenvalue weighted by Gasteiger charge is -2.39. The molecule has 1 unspecified atom stereocenters. The quantitative estimate of drug-likeness (QED) is 0.814. The minimum atomic E-state index is 0.489. The van der Waals surface area contributed by atoms with Crippen molar-refractivity contribution in [2.75, 3.05) is 40.8 Å². The largest absolute Gasteiger partial charge is 0.496 e. The number of hydrogen-bond donors (Lipinski definition) is 0. The average Bonchev–Trinajstić information content (AvgIpc) is 2.38. The maximum absolute atomic E-state index is 5.47. The number of likely N-dealkylation sites (N-methyl/N-ethyl adjacent to an activating group) is 2. The maximum Gasteiger partial charge on any atom is 0.122 e. The van der Waals surface area contributed by atoms with E-state index in [9.17, 15) is 0 Å². The zero-order chi connectivity index (χ0) is 14.2. The number of methoxy groups -OCH3 is 1. The summed E-state index contributed by atoms with van der Waals surface area (Å²) in [5.41, 5.74) is 5.47. The SMILES string of the molecule is COc1cc(C)c(C2CN(C)CCN2C)c(C)c1C. The predicted octanol–water partition coefficient (Wildman–Crippen LogP) is 2.54. The van der Waals surface area contributed by atoms with Crippen molar-refractivity contribution in [3.8, 4) is 5.75 Å². The van der Waals surface area contributed by atoms with Crippen LogP contribution in [0.5, 0.6) is 5.75 Å². The Kier molecular flexibility index (Phi) is 4.16. The van der Waals surface area contributed by atoms with E-state index in [0.717, 1.165) is 25.4 Å². The van der Waals surface area contributed by atoms with Gasteiger partial charge in [0.05, 0.1) is 7.11 Å². The highest BCUT2D eigenvalue weighted by Crippen LogP contribution is 2.34. The first kappa shape index (κ1) is 14.4. The molecule has 3 heteroatoms. The summed E-state index contributed by atoms with van der Waals surface area (Å²) in [6.45, 7) is 9.97. The molecular weight excluding hydrogens is 236 g/mol.